The molecule has 0 rings (SSSR count). The van der Waals surface area contributed by atoms with Gasteiger partial charge in [-0.25, -0.2) is 0 Å². The molecule has 0 amide bonds. The first kappa shape index (κ1) is 18.8. The summed E-state index contributed by atoms with van der Waals surface area (Å²) in [7, 11) is 3.47. The molecule has 0 radical (unpaired) electrons. The first-order valence-electron chi connectivity index (χ1n) is 7.21. The zero-order chi connectivity index (χ0) is 14.3. The van der Waals surface area contributed by atoms with Crippen molar-refractivity contribution in [3.63, 3.8) is 0 Å². The van der Waals surface area contributed by atoms with Crippen molar-refractivity contribution in [3.8, 4) is 0 Å². The summed E-state index contributed by atoms with van der Waals surface area (Å²) in [6.45, 7) is 9.81. The SMILES string of the molecule is CCOC(CCN(CCCOC)CCOC)OCC. The maximum Gasteiger partial charge on any atom is 0.158 e. The van der Waals surface area contributed by atoms with Crippen LogP contribution in [0.2, 0.25) is 0 Å². The average Bonchev–Trinajstić information content (AvgIpc) is 2.41. The number of hydrogen-bond donors (Lipinski definition) is 0. The molecule has 0 aromatic carbocycles. The van der Waals surface area contributed by atoms with E-state index >= 15 is 0 Å². The molecule has 0 fully saturated rings. The van der Waals surface area contributed by atoms with Crippen LogP contribution in [-0.2, 0) is 18.9 Å². The number of methoxy groups -OCH3 is 2. The normalized spacial score (nSPS) is 11.7. The largest absolute Gasteiger partial charge is 0.385 e. The minimum Gasteiger partial charge on any atom is -0.385 e. The molecule has 0 aliphatic carbocycles. The molecule has 0 aliphatic heterocycles. The summed E-state index contributed by atoms with van der Waals surface area (Å²) in [5.74, 6) is 0. The second kappa shape index (κ2) is 14.2. The van der Waals surface area contributed by atoms with Crippen molar-refractivity contribution >= 4 is 0 Å². The third-order valence-corrected chi connectivity index (χ3v) is 2.82. The Balaban J connectivity index is 3.97. The molecule has 19 heavy (non-hydrogen) atoms. The molecule has 116 valence electrons. The van der Waals surface area contributed by atoms with E-state index in [1.165, 1.54) is 0 Å². The van der Waals surface area contributed by atoms with Crippen LogP contribution in [0.4, 0.5) is 0 Å². The second-order valence-electron chi connectivity index (χ2n) is 4.31. The molecule has 0 aromatic heterocycles. The lowest BCUT2D eigenvalue weighted by Gasteiger charge is -2.24. The number of nitrogens with zero attached hydrogens (tertiary/aromatic N) is 1. The van der Waals surface area contributed by atoms with Crippen LogP contribution in [0.3, 0.4) is 0 Å². The zero-order valence-corrected chi connectivity index (χ0v) is 13.0. The van der Waals surface area contributed by atoms with Crippen LogP contribution >= 0.6 is 0 Å². The molecular weight excluding hydrogens is 246 g/mol. The van der Waals surface area contributed by atoms with Gasteiger partial charge in [0.1, 0.15) is 0 Å². The monoisotopic (exact) mass is 277 g/mol. The summed E-state index contributed by atoms with van der Waals surface area (Å²) in [5.41, 5.74) is 0. The van der Waals surface area contributed by atoms with E-state index in [-0.39, 0.29) is 6.29 Å². The molecule has 0 N–H and O–H groups in total. The lowest BCUT2D eigenvalue weighted by molar-refractivity contribution is -0.141. The Labute approximate surface area is 118 Å². The van der Waals surface area contributed by atoms with E-state index in [9.17, 15) is 0 Å². The van der Waals surface area contributed by atoms with E-state index < -0.39 is 0 Å². The average molecular weight is 277 g/mol. The van der Waals surface area contributed by atoms with Crippen molar-refractivity contribution in [2.24, 2.45) is 0 Å². The van der Waals surface area contributed by atoms with E-state index in [0.29, 0.717) is 13.2 Å². The standard InChI is InChI=1S/C14H31NO4/c1-5-18-14(19-6-2)8-10-15(11-13-17-4)9-7-12-16-3/h14H,5-13H2,1-4H3. The first-order chi connectivity index (χ1) is 9.28. The minimum atomic E-state index is -0.0949. The van der Waals surface area contributed by atoms with Crippen molar-refractivity contribution in [2.75, 3.05) is 60.3 Å². The van der Waals surface area contributed by atoms with Gasteiger partial charge in [0.15, 0.2) is 6.29 Å². The number of rotatable bonds is 14. The maximum absolute atomic E-state index is 5.56. The highest BCUT2D eigenvalue weighted by Crippen LogP contribution is 2.04. The fraction of sp³-hybridized carbons (Fsp3) is 1.00. The van der Waals surface area contributed by atoms with Gasteiger partial charge in [-0.05, 0) is 20.3 Å². The van der Waals surface area contributed by atoms with Gasteiger partial charge in [0, 0.05) is 60.1 Å². The van der Waals surface area contributed by atoms with E-state index in [2.05, 4.69) is 4.90 Å². The van der Waals surface area contributed by atoms with Crippen molar-refractivity contribution in [2.45, 2.75) is 33.0 Å². The fourth-order valence-corrected chi connectivity index (χ4v) is 1.86. The van der Waals surface area contributed by atoms with Gasteiger partial charge in [-0.15, -0.1) is 0 Å². The lowest BCUT2D eigenvalue weighted by atomic mass is 10.3. The zero-order valence-electron chi connectivity index (χ0n) is 13.0. The Bertz CT molecular complexity index is 175. The van der Waals surface area contributed by atoms with Crippen molar-refractivity contribution in [1.82, 2.24) is 4.90 Å². The van der Waals surface area contributed by atoms with E-state index in [1.807, 2.05) is 13.8 Å². The van der Waals surface area contributed by atoms with Gasteiger partial charge in [0.05, 0.1) is 6.61 Å². The molecule has 0 bridgehead atoms. The van der Waals surface area contributed by atoms with Crippen LogP contribution in [0, 0.1) is 0 Å². The van der Waals surface area contributed by atoms with Crippen LogP contribution in [0.5, 0.6) is 0 Å². The Morgan fingerprint density at radius 1 is 0.842 bits per heavy atom. The molecule has 5 heteroatoms. The van der Waals surface area contributed by atoms with Crippen molar-refractivity contribution < 1.29 is 18.9 Å². The van der Waals surface area contributed by atoms with E-state index in [4.69, 9.17) is 18.9 Å². The molecule has 0 aliphatic rings. The molecular formula is C14H31NO4. The highest BCUT2D eigenvalue weighted by Gasteiger charge is 2.11. The summed E-state index contributed by atoms with van der Waals surface area (Å²) in [6.07, 6.45) is 1.83. The van der Waals surface area contributed by atoms with Crippen LogP contribution in [0.25, 0.3) is 0 Å². The summed E-state index contributed by atoms with van der Waals surface area (Å²) < 4.78 is 21.4. The quantitative estimate of drug-likeness (QED) is 0.357. The third-order valence-electron chi connectivity index (χ3n) is 2.82. The van der Waals surface area contributed by atoms with Crippen LogP contribution in [0.15, 0.2) is 0 Å². The molecule has 0 heterocycles. The van der Waals surface area contributed by atoms with Gasteiger partial charge in [-0.2, -0.15) is 0 Å². The number of ether oxygens (including phenoxy) is 4. The maximum atomic E-state index is 5.56. The predicted octanol–water partition coefficient (Wildman–Crippen LogP) is 1.76. The summed E-state index contributed by atoms with van der Waals surface area (Å²) in [5, 5.41) is 0. The van der Waals surface area contributed by atoms with Gasteiger partial charge in [-0.1, -0.05) is 0 Å². The Kier molecular flexibility index (Phi) is 14.1. The molecule has 0 aromatic rings. The van der Waals surface area contributed by atoms with Gasteiger partial charge in [-0.3, -0.25) is 0 Å². The Morgan fingerprint density at radius 2 is 1.47 bits per heavy atom. The van der Waals surface area contributed by atoms with Gasteiger partial charge in [0.25, 0.3) is 0 Å². The van der Waals surface area contributed by atoms with E-state index in [0.717, 1.165) is 45.7 Å². The van der Waals surface area contributed by atoms with Crippen molar-refractivity contribution in [1.29, 1.82) is 0 Å². The smallest absolute Gasteiger partial charge is 0.158 e. The van der Waals surface area contributed by atoms with Gasteiger partial charge in [0.2, 0.25) is 0 Å². The topological polar surface area (TPSA) is 40.2 Å². The highest BCUT2D eigenvalue weighted by molar-refractivity contribution is 4.60. The molecule has 0 saturated heterocycles. The number of hydrogen-bond acceptors (Lipinski definition) is 5. The summed E-state index contributed by atoms with van der Waals surface area (Å²) in [6, 6.07) is 0. The fourth-order valence-electron chi connectivity index (χ4n) is 1.86. The highest BCUT2D eigenvalue weighted by atomic mass is 16.7. The Hall–Kier alpha value is -0.200. The Morgan fingerprint density at radius 3 is 2.00 bits per heavy atom. The second-order valence-corrected chi connectivity index (χ2v) is 4.31. The summed E-state index contributed by atoms with van der Waals surface area (Å²) in [4.78, 5) is 2.37. The van der Waals surface area contributed by atoms with Crippen LogP contribution in [0.1, 0.15) is 26.7 Å². The molecule has 0 spiro atoms. The van der Waals surface area contributed by atoms with Crippen LogP contribution in [-0.4, -0.2) is 71.5 Å². The van der Waals surface area contributed by atoms with Crippen molar-refractivity contribution in [3.05, 3.63) is 0 Å². The first-order valence-corrected chi connectivity index (χ1v) is 7.21. The molecule has 0 saturated carbocycles. The predicted molar refractivity (Wildman–Crippen MR) is 76.5 cm³/mol. The molecule has 0 unspecified atom stereocenters. The van der Waals surface area contributed by atoms with Crippen LogP contribution < -0.4 is 0 Å². The molecule has 0 atom stereocenters. The van der Waals surface area contributed by atoms with Gasteiger partial charge < -0.3 is 23.8 Å². The summed E-state index contributed by atoms with van der Waals surface area (Å²) >= 11 is 0. The van der Waals surface area contributed by atoms with Gasteiger partial charge >= 0.3 is 0 Å². The third kappa shape index (κ3) is 11.3. The van der Waals surface area contributed by atoms with E-state index in [1.54, 1.807) is 14.2 Å². The molecule has 5 nitrogen and oxygen atoms in total. The minimum absolute atomic E-state index is 0.0949. The lowest BCUT2D eigenvalue weighted by Crippen LogP contribution is -2.33.